The van der Waals surface area contributed by atoms with Crippen LogP contribution >= 0.6 is 15.9 Å². The van der Waals surface area contributed by atoms with Crippen LogP contribution in [-0.4, -0.2) is 26.4 Å². The van der Waals surface area contributed by atoms with Crippen molar-refractivity contribution in [3.63, 3.8) is 0 Å². The molecule has 2 rings (SSSR count). The number of anilines is 1. The molecule has 0 atom stereocenters. The maximum Gasteiger partial charge on any atom is 0.133 e. The van der Waals surface area contributed by atoms with Gasteiger partial charge in [-0.25, -0.2) is 0 Å². The third-order valence-corrected chi connectivity index (χ3v) is 3.36. The van der Waals surface area contributed by atoms with Crippen molar-refractivity contribution in [2.75, 3.05) is 25.6 Å². The van der Waals surface area contributed by atoms with E-state index in [0.717, 1.165) is 42.0 Å². The molecule has 0 spiro atoms. The summed E-state index contributed by atoms with van der Waals surface area (Å²) in [7, 11) is 1.67. The lowest BCUT2D eigenvalue weighted by atomic mass is 10.1. The number of methoxy groups -OCH3 is 1. The maximum absolute atomic E-state index is 5.33. The number of hydrogen-bond acceptors (Lipinski definition) is 3. The first-order valence-corrected chi connectivity index (χ1v) is 6.26. The van der Waals surface area contributed by atoms with Gasteiger partial charge >= 0.3 is 0 Å². The summed E-state index contributed by atoms with van der Waals surface area (Å²) >= 11 is 3.48. The Hall–Kier alpha value is -0.740. The van der Waals surface area contributed by atoms with E-state index >= 15 is 0 Å². The highest BCUT2D eigenvalue weighted by atomic mass is 79.9. The zero-order valence-electron chi connectivity index (χ0n) is 9.33. The SMILES string of the molecule is COc1ccc(NC2CCOCC2)cc1Br. The Morgan fingerprint density at radius 2 is 2.12 bits per heavy atom. The van der Waals surface area contributed by atoms with Crippen LogP contribution in [0.4, 0.5) is 5.69 Å². The number of benzene rings is 1. The summed E-state index contributed by atoms with van der Waals surface area (Å²) < 4.78 is 11.5. The highest BCUT2D eigenvalue weighted by Crippen LogP contribution is 2.28. The van der Waals surface area contributed by atoms with E-state index in [1.54, 1.807) is 7.11 Å². The summed E-state index contributed by atoms with van der Waals surface area (Å²) in [5.41, 5.74) is 1.12. The zero-order valence-corrected chi connectivity index (χ0v) is 10.9. The first-order chi connectivity index (χ1) is 7.79. The minimum absolute atomic E-state index is 0.522. The molecule has 1 heterocycles. The van der Waals surface area contributed by atoms with Gasteiger partial charge in [-0.2, -0.15) is 0 Å². The summed E-state index contributed by atoms with van der Waals surface area (Å²) in [5, 5.41) is 3.51. The van der Waals surface area contributed by atoms with Crippen molar-refractivity contribution in [3.8, 4) is 5.75 Å². The zero-order chi connectivity index (χ0) is 11.4. The van der Waals surface area contributed by atoms with Gasteiger partial charge in [0.1, 0.15) is 5.75 Å². The van der Waals surface area contributed by atoms with Gasteiger partial charge in [0.2, 0.25) is 0 Å². The van der Waals surface area contributed by atoms with E-state index in [9.17, 15) is 0 Å². The van der Waals surface area contributed by atoms with Gasteiger partial charge in [-0.15, -0.1) is 0 Å². The summed E-state index contributed by atoms with van der Waals surface area (Å²) in [6, 6.07) is 6.58. The van der Waals surface area contributed by atoms with Crippen molar-refractivity contribution in [1.29, 1.82) is 0 Å². The molecule has 0 amide bonds. The third kappa shape index (κ3) is 2.89. The van der Waals surface area contributed by atoms with Crippen LogP contribution in [0.1, 0.15) is 12.8 Å². The Balaban J connectivity index is 2.01. The highest BCUT2D eigenvalue weighted by Gasteiger charge is 2.13. The van der Waals surface area contributed by atoms with Crippen molar-refractivity contribution >= 4 is 21.6 Å². The van der Waals surface area contributed by atoms with Crippen LogP contribution in [0.5, 0.6) is 5.75 Å². The second kappa shape index (κ2) is 5.55. The lowest BCUT2D eigenvalue weighted by molar-refractivity contribution is 0.0904. The molecule has 1 aromatic carbocycles. The minimum Gasteiger partial charge on any atom is -0.496 e. The molecule has 1 N–H and O–H groups in total. The Morgan fingerprint density at radius 3 is 2.75 bits per heavy atom. The fraction of sp³-hybridized carbons (Fsp3) is 0.500. The van der Waals surface area contributed by atoms with E-state index < -0.39 is 0 Å². The van der Waals surface area contributed by atoms with Gasteiger partial charge in [-0.05, 0) is 47.0 Å². The Morgan fingerprint density at radius 1 is 1.38 bits per heavy atom. The number of hydrogen-bond donors (Lipinski definition) is 1. The van der Waals surface area contributed by atoms with Gasteiger partial charge in [0, 0.05) is 24.9 Å². The molecule has 0 aromatic heterocycles. The molecule has 3 nitrogen and oxygen atoms in total. The maximum atomic E-state index is 5.33. The second-order valence-electron chi connectivity index (χ2n) is 3.88. The predicted molar refractivity (Wildman–Crippen MR) is 68.2 cm³/mol. The third-order valence-electron chi connectivity index (χ3n) is 2.74. The Labute approximate surface area is 104 Å². The normalized spacial score (nSPS) is 17.1. The van der Waals surface area contributed by atoms with Gasteiger partial charge in [0.25, 0.3) is 0 Å². The molecule has 88 valence electrons. The van der Waals surface area contributed by atoms with E-state index in [4.69, 9.17) is 9.47 Å². The largest absolute Gasteiger partial charge is 0.496 e. The summed E-state index contributed by atoms with van der Waals surface area (Å²) in [6.07, 6.45) is 2.15. The molecule has 16 heavy (non-hydrogen) atoms. The lowest BCUT2D eigenvalue weighted by Gasteiger charge is -2.24. The van der Waals surface area contributed by atoms with E-state index in [2.05, 4.69) is 21.2 Å². The lowest BCUT2D eigenvalue weighted by Crippen LogP contribution is -2.27. The molecule has 1 aliphatic heterocycles. The van der Waals surface area contributed by atoms with Crippen molar-refractivity contribution < 1.29 is 9.47 Å². The molecule has 1 aromatic rings. The van der Waals surface area contributed by atoms with E-state index in [-0.39, 0.29) is 0 Å². The van der Waals surface area contributed by atoms with Gasteiger partial charge in [-0.3, -0.25) is 0 Å². The first kappa shape index (κ1) is 11.7. The molecule has 1 saturated heterocycles. The summed E-state index contributed by atoms with van der Waals surface area (Å²) in [6.45, 7) is 1.71. The quantitative estimate of drug-likeness (QED) is 0.926. The standard InChI is InChI=1S/C12H16BrNO2/c1-15-12-3-2-10(8-11(12)13)14-9-4-6-16-7-5-9/h2-3,8-9,14H,4-7H2,1H3. The van der Waals surface area contributed by atoms with Crippen molar-refractivity contribution in [3.05, 3.63) is 22.7 Å². The average Bonchev–Trinajstić information content (AvgIpc) is 2.31. The number of ether oxygens (including phenoxy) is 2. The van der Waals surface area contributed by atoms with Crippen LogP contribution in [0.25, 0.3) is 0 Å². The molecular weight excluding hydrogens is 270 g/mol. The van der Waals surface area contributed by atoms with E-state index in [0.29, 0.717) is 6.04 Å². The van der Waals surface area contributed by atoms with E-state index in [1.807, 2.05) is 18.2 Å². The second-order valence-corrected chi connectivity index (χ2v) is 4.73. The first-order valence-electron chi connectivity index (χ1n) is 5.47. The van der Waals surface area contributed by atoms with Crippen molar-refractivity contribution in [1.82, 2.24) is 0 Å². The van der Waals surface area contributed by atoms with Crippen molar-refractivity contribution in [2.24, 2.45) is 0 Å². The smallest absolute Gasteiger partial charge is 0.133 e. The van der Waals surface area contributed by atoms with Crippen molar-refractivity contribution in [2.45, 2.75) is 18.9 Å². The molecular formula is C12H16BrNO2. The number of halogens is 1. The molecule has 0 saturated carbocycles. The number of nitrogens with one attached hydrogen (secondary N) is 1. The van der Waals surface area contributed by atoms with Crippen LogP contribution in [0, 0.1) is 0 Å². The van der Waals surface area contributed by atoms with Gasteiger partial charge < -0.3 is 14.8 Å². The molecule has 0 unspecified atom stereocenters. The average molecular weight is 286 g/mol. The molecule has 0 bridgehead atoms. The molecule has 1 aliphatic rings. The molecule has 1 fully saturated rings. The molecule has 0 radical (unpaired) electrons. The van der Waals surface area contributed by atoms with E-state index in [1.165, 1.54) is 0 Å². The fourth-order valence-corrected chi connectivity index (χ4v) is 2.37. The summed E-state index contributed by atoms with van der Waals surface area (Å²) in [4.78, 5) is 0. The van der Waals surface area contributed by atoms with Crippen LogP contribution in [0.2, 0.25) is 0 Å². The number of rotatable bonds is 3. The van der Waals surface area contributed by atoms with Crippen LogP contribution in [-0.2, 0) is 4.74 Å². The topological polar surface area (TPSA) is 30.5 Å². The monoisotopic (exact) mass is 285 g/mol. The van der Waals surface area contributed by atoms with Gasteiger partial charge in [0.05, 0.1) is 11.6 Å². The van der Waals surface area contributed by atoms with Gasteiger partial charge in [0.15, 0.2) is 0 Å². The Bertz CT molecular complexity index is 351. The molecule has 4 heteroatoms. The summed E-state index contributed by atoms with van der Waals surface area (Å²) in [5.74, 6) is 0.859. The van der Waals surface area contributed by atoms with Crippen LogP contribution in [0.15, 0.2) is 22.7 Å². The van der Waals surface area contributed by atoms with Gasteiger partial charge in [-0.1, -0.05) is 0 Å². The fourth-order valence-electron chi connectivity index (χ4n) is 1.83. The van der Waals surface area contributed by atoms with Crippen LogP contribution < -0.4 is 10.1 Å². The van der Waals surface area contributed by atoms with Crippen LogP contribution in [0.3, 0.4) is 0 Å². The molecule has 0 aliphatic carbocycles. The predicted octanol–water partition coefficient (Wildman–Crippen LogP) is 3.05. The Kier molecular flexibility index (Phi) is 4.07. The minimum atomic E-state index is 0.522. The highest BCUT2D eigenvalue weighted by molar-refractivity contribution is 9.10.